The minimum absolute atomic E-state index is 0.0157. The molecule has 2 heterocycles. The van der Waals surface area contributed by atoms with E-state index in [1.165, 1.54) is 36.9 Å². The number of carbonyl (C=O) groups excluding carboxylic acids is 1. The molecular weight excluding hydrogens is 324 g/mol. The molecule has 2 rings (SSSR count). The molecule has 20 heavy (non-hydrogen) atoms. The van der Waals surface area contributed by atoms with Gasteiger partial charge in [0, 0.05) is 0 Å². The third-order valence-corrected chi connectivity index (χ3v) is 4.94. The van der Waals surface area contributed by atoms with Crippen molar-refractivity contribution in [3.8, 4) is 0 Å². The molecule has 0 aliphatic heterocycles. The minimum atomic E-state index is -3.89. The van der Waals surface area contributed by atoms with E-state index in [9.17, 15) is 13.2 Å². The second-order valence-corrected chi connectivity index (χ2v) is 6.53. The van der Waals surface area contributed by atoms with E-state index < -0.39 is 16.0 Å². The van der Waals surface area contributed by atoms with Gasteiger partial charge in [0.2, 0.25) is 0 Å². The van der Waals surface area contributed by atoms with E-state index in [2.05, 4.69) is 14.4 Å². The van der Waals surface area contributed by atoms with Crippen molar-refractivity contribution in [1.29, 1.82) is 0 Å². The fourth-order valence-corrected chi connectivity index (χ4v) is 3.89. The summed E-state index contributed by atoms with van der Waals surface area (Å²) >= 11 is 6.61. The molecule has 0 aliphatic rings. The van der Waals surface area contributed by atoms with Crippen molar-refractivity contribution in [1.82, 2.24) is 4.98 Å². The van der Waals surface area contributed by atoms with Crippen LogP contribution in [-0.4, -0.2) is 26.5 Å². The van der Waals surface area contributed by atoms with E-state index in [0.717, 1.165) is 11.3 Å². The monoisotopic (exact) mass is 332 g/mol. The Labute approximate surface area is 124 Å². The van der Waals surface area contributed by atoms with Crippen LogP contribution in [0.2, 0.25) is 5.15 Å². The lowest BCUT2D eigenvalue weighted by Gasteiger charge is -2.07. The lowest BCUT2D eigenvalue weighted by Crippen LogP contribution is -2.15. The predicted octanol–water partition coefficient (Wildman–Crippen LogP) is 2.38. The summed E-state index contributed by atoms with van der Waals surface area (Å²) in [5, 5.41) is 1.75. The average Bonchev–Trinajstić information content (AvgIpc) is 2.90. The number of hydrogen-bond acceptors (Lipinski definition) is 6. The number of halogens is 1. The molecule has 1 N–H and O–H groups in total. The van der Waals surface area contributed by atoms with E-state index in [1.54, 1.807) is 0 Å². The van der Waals surface area contributed by atoms with Crippen LogP contribution in [0.1, 0.15) is 9.67 Å². The summed E-state index contributed by atoms with van der Waals surface area (Å²) in [6, 6.07) is 4.26. The molecule has 0 amide bonds. The van der Waals surface area contributed by atoms with Gasteiger partial charge in [-0.15, -0.1) is 11.3 Å². The molecule has 0 saturated carbocycles. The van der Waals surface area contributed by atoms with Crippen molar-refractivity contribution in [2.24, 2.45) is 0 Å². The minimum Gasteiger partial charge on any atom is -0.465 e. The smallest absolute Gasteiger partial charge is 0.349 e. The van der Waals surface area contributed by atoms with Crippen LogP contribution in [0.4, 0.5) is 5.69 Å². The molecule has 0 fully saturated rings. The number of carbonyl (C=O) groups is 1. The van der Waals surface area contributed by atoms with Crippen LogP contribution in [0.25, 0.3) is 0 Å². The molecular formula is C11H9ClN2O4S2. The maximum absolute atomic E-state index is 12.2. The third-order valence-electron chi connectivity index (χ3n) is 2.27. The van der Waals surface area contributed by atoms with E-state index in [0.29, 0.717) is 0 Å². The Hall–Kier alpha value is -1.64. The number of nitrogens with one attached hydrogen (secondary N) is 1. The quantitative estimate of drug-likeness (QED) is 0.686. The fourth-order valence-electron chi connectivity index (χ4n) is 1.40. The Morgan fingerprint density at radius 1 is 1.40 bits per heavy atom. The maximum atomic E-state index is 12.2. The highest BCUT2D eigenvalue weighted by atomic mass is 35.5. The number of aromatic nitrogens is 1. The first-order valence-electron chi connectivity index (χ1n) is 5.24. The number of pyridine rings is 1. The average molecular weight is 333 g/mol. The van der Waals surface area contributed by atoms with Gasteiger partial charge in [0.15, 0.2) is 0 Å². The maximum Gasteiger partial charge on any atom is 0.349 e. The Kier molecular flexibility index (Phi) is 4.26. The van der Waals surface area contributed by atoms with E-state index in [1.807, 2.05) is 0 Å². The normalized spacial score (nSPS) is 11.1. The number of ether oxygens (including phenoxy) is 1. The van der Waals surface area contributed by atoms with E-state index in [-0.39, 0.29) is 20.6 Å². The zero-order valence-corrected chi connectivity index (χ0v) is 12.6. The molecule has 2 aromatic rings. The molecule has 0 saturated heterocycles. The number of esters is 1. The molecule has 9 heteroatoms. The second kappa shape index (κ2) is 5.78. The van der Waals surface area contributed by atoms with Crippen molar-refractivity contribution in [3.05, 3.63) is 39.8 Å². The lowest BCUT2D eigenvalue weighted by molar-refractivity contribution is 0.0602. The summed E-state index contributed by atoms with van der Waals surface area (Å²) in [6.07, 6.45) is 1.28. The largest absolute Gasteiger partial charge is 0.465 e. The summed E-state index contributed by atoms with van der Waals surface area (Å²) in [7, 11) is -2.70. The number of hydrogen-bond donors (Lipinski definition) is 1. The summed E-state index contributed by atoms with van der Waals surface area (Å²) in [5.41, 5.74) is 0.247. The number of anilines is 1. The number of nitrogens with zero attached hydrogens (tertiary/aromatic N) is 1. The van der Waals surface area contributed by atoms with Gasteiger partial charge in [-0.25, -0.2) is 18.2 Å². The SMILES string of the molecule is COC(=O)c1sccc1S(=O)(=O)Nc1ccc(Cl)nc1. The Bertz CT molecular complexity index is 725. The summed E-state index contributed by atoms with van der Waals surface area (Å²) in [4.78, 5) is 15.2. The zero-order valence-electron chi connectivity index (χ0n) is 10.2. The molecule has 0 aliphatic carbocycles. The van der Waals surface area contributed by atoms with Crippen molar-refractivity contribution in [2.45, 2.75) is 4.90 Å². The molecule has 0 unspecified atom stereocenters. The first-order chi connectivity index (χ1) is 9.44. The van der Waals surface area contributed by atoms with Crippen molar-refractivity contribution in [2.75, 3.05) is 11.8 Å². The molecule has 0 radical (unpaired) electrons. The van der Waals surface area contributed by atoms with Crippen molar-refractivity contribution >= 4 is 44.6 Å². The summed E-state index contributed by atoms with van der Waals surface area (Å²) in [5.74, 6) is -0.699. The lowest BCUT2D eigenvalue weighted by atomic mass is 10.4. The van der Waals surface area contributed by atoms with Crippen LogP contribution in [0.5, 0.6) is 0 Å². The topological polar surface area (TPSA) is 85.4 Å². The predicted molar refractivity (Wildman–Crippen MR) is 75.7 cm³/mol. The van der Waals surface area contributed by atoms with Gasteiger partial charge in [0.25, 0.3) is 10.0 Å². The number of methoxy groups -OCH3 is 1. The van der Waals surface area contributed by atoms with E-state index >= 15 is 0 Å². The summed E-state index contributed by atoms with van der Waals surface area (Å²) < 4.78 is 31.3. The molecule has 6 nitrogen and oxygen atoms in total. The van der Waals surface area contributed by atoms with Crippen LogP contribution in [0.15, 0.2) is 34.7 Å². The molecule has 106 valence electrons. The van der Waals surface area contributed by atoms with Crippen LogP contribution in [0.3, 0.4) is 0 Å². The van der Waals surface area contributed by atoms with Gasteiger partial charge < -0.3 is 4.74 Å². The van der Waals surface area contributed by atoms with Gasteiger partial charge in [-0.1, -0.05) is 11.6 Å². The first kappa shape index (κ1) is 14.8. The Balaban J connectivity index is 2.34. The Morgan fingerprint density at radius 2 is 2.15 bits per heavy atom. The Morgan fingerprint density at radius 3 is 2.75 bits per heavy atom. The molecule has 2 aromatic heterocycles. The van der Waals surface area contributed by atoms with Crippen molar-refractivity contribution < 1.29 is 17.9 Å². The molecule has 0 aromatic carbocycles. The van der Waals surface area contributed by atoms with Crippen molar-refractivity contribution in [3.63, 3.8) is 0 Å². The van der Waals surface area contributed by atoms with E-state index in [4.69, 9.17) is 11.6 Å². The van der Waals surface area contributed by atoms with Gasteiger partial charge >= 0.3 is 5.97 Å². The highest BCUT2D eigenvalue weighted by molar-refractivity contribution is 7.93. The van der Waals surface area contributed by atoms with Crippen LogP contribution in [-0.2, 0) is 14.8 Å². The fraction of sp³-hybridized carbons (Fsp3) is 0.0909. The molecule has 0 spiro atoms. The third kappa shape index (κ3) is 3.09. The van der Waals surface area contributed by atoms with Gasteiger partial charge in [-0.05, 0) is 23.6 Å². The highest BCUT2D eigenvalue weighted by Crippen LogP contribution is 2.25. The van der Waals surface area contributed by atoms with Gasteiger partial charge in [0.05, 0.1) is 19.0 Å². The van der Waals surface area contributed by atoms with Gasteiger partial charge in [-0.2, -0.15) is 0 Å². The zero-order chi connectivity index (χ0) is 14.8. The second-order valence-electron chi connectivity index (χ2n) is 3.58. The first-order valence-corrected chi connectivity index (χ1v) is 7.98. The van der Waals surface area contributed by atoms with Crippen LogP contribution in [0, 0.1) is 0 Å². The molecule has 0 bridgehead atoms. The van der Waals surface area contributed by atoms with Crippen LogP contribution >= 0.6 is 22.9 Å². The van der Waals surface area contributed by atoms with Crippen LogP contribution < -0.4 is 4.72 Å². The number of rotatable bonds is 4. The molecule has 0 atom stereocenters. The number of thiophene rings is 1. The number of sulfonamides is 1. The summed E-state index contributed by atoms with van der Waals surface area (Å²) in [6.45, 7) is 0. The standard InChI is InChI=1S/C11H9ClN2O4S2/c1-18-11(15)10-8(4-5-19-10)20(16,17)14-7-2-3-9(12)13-6-7/h2-6,14H,1H3. The van der Waals surface area contributed by atoms with Gasteiger partial charge in [-0.3, -0.25) is 4.72 Å². The van der Waals surface area contributed by atoms with Gasteiger partial charge in [0.1, 0.15) is 14.9 Å². The highest BCUT2D eigenvalue weighted by Gasteiger charge is 2.24.